The number of rotatable bonds is 2. The number of fused-ring (bicyclic) bond motifs is 1. The molecule has 0 fully saturated rings. The van der Waals surface area contributed by atoms with Crippen molar-refractivity contribution < 1.29 is 0 Å². The van der Waals surface area contributed by atoms with Gasteiger partial charge in [0.2, 0.25) is 0 Å². The van der Waals surface area contributed by atoms with Gasteiger partial charge in [0, 0.05) is 43.2 Å². The number of nitrogens with zero attached hydrogens (tertiary/aromatic N) is 3. The molecule has 4 heteroatoms. The van der Waals surface area contributed by atoms with Crippen molar-refractivity contribution in [2.45, 2.75) is 13.0 Å². The second-order valence-electron chi connectivity index (χ2n) is 3.46. The Labute approximate surface area is 92.3 Å². The minimum Gasteiger partial charge on any atom is -0.337 e. The Morgan fingerprint density at radius 3 is 3.23 bits per heavy atom. The number of halogens is 1. The molecule has 0 atom stereocenters. The van der Waals surface area contributed by atoms with Crippen molar-refractivity contribution in [3.05, 3.63) is 17.7 Å². The first kappa shape index (κ1) is 9.45. The molecule has 13 heavy (non-hydrogen) atoms. The second kappa shape index (κ2) is 3.96. The lowest BCUT2D eigenvalue weighted by Gasteiger charge is -2.25. The van der Waals surface area contributed by atoms with Crippen molar-refractivity contribution in [3.63, 3.8) is 0 Å². The lowest BCUT2D eigenvalue weighted by molar-refractivity contribution is 0.266. The van der Waals surface area contributed by atoms with Crippen molar-refractivity contribution >= 4 is 22.6 Å². The van der Waals surface area contributed by atoms with Crippen LogP contribution in [-0.4, -0.2) is 32.0 Å². The highest BCUT2D eigenvalue weighted by molar-refractivity contribution is 14.1. The van der Waals surface area contributed by atoms with Crippen LogP contribution in [0.1, 0.15) is 11.4 Å². The van der Waals surface area contributed by atoms with Gasteiger partial charge >= 0.3 is 0 Å². The van der Waals surface area contributed by atoms with Gasteiger partial charge in [-0.1, -0.05) is 22.6 Å². The lowest BCUT2D eigenvalue weighted by Crippen LogP contribution is -2.32. The van der Waals surface area contributed by atoms with E-state index in [1.165, 1.54) is 28.9 Å². The molecule has 72 valence electrons. The fourth-order valence-corrected chi connectivity index (χ4v) is 2.50. The average molecular weight is 291 g/mol. The predicted molar refractivity (Wildman–Crippen MR) is 61.1 cm³/mol. The third kappa shape index (κ3) is 1.88. The van der Waals surface area contributed by atoms with E-state index in [2.05, 4.69) is 44.1 Å². The van der Waals surface area contributed by atoms with E-state index in [0.717, 1.165) is 13.0 Å². The fourth-order valence-electron chi connectivity index (χ4n) is 1.82. The summed E-state index contributed by atoms with van der Waals surface area (Å²) in [6, 6.07) is 0. The summed E-state index contributed by atoms with van der Waals surface area (Å²) in [7, 11) is 2.08. The smallest absolute Gasteiger partial charge is 0.0949 e. The quantitative estimate of drug-likeness (QED) is 0.603. The van der Waals surface area contributed by atoms with Crippen LogP contribution in [0.5, 0.6) is 0 Å². The molecule has 1 aliphatic heterocycles. The van der Waals surface area contributed by atoms with Crippen molar-refractivity contribution in [1.82, 2.24) is 14.5 Å². The van der Waals surface area contributed by atoms with E-state index in [-0.39, 0.29) is 0 Å². The number of aryl methyl sites for hydroxylation is 1. The maximum atomic E-state index is 4.41. The zero-order chi connectivity index (χ0) is 9.26. The van der Waals surface area contributed by atoms with Crippen LogP contribution in [0.15, 0.2) is 6.33 Å². The zero-order valence-electron chi connectivity index (χ0n) is 7.83. The molecular weight excluding hydrogens is 277 g/mol. The van der Waals surface area contributed by atoms with E-state index >= 15 is 0 Å². The molecule has 1 aromatic heterocycles. The Bertz CT molecular complexity index is 295. The zero-order valence-corrected chi connectivity index (χ0v) is 9.99. The highest BCUT2D eigenvalue weighted by atomic mass is 127. The van der Waals surface area contributed by atoms with E-state index < -0.39 is 0 Å². The molecule has 0 radical (unpaired) electrons. The molecule has 1 aliphatic rings. The van der Waals surface area contributed by atoms with Gasteiger partial charge < -0.3 is 4.57 Å². The Kier molecular flexibility index (Phi) is 2.88. The number of alkyl halides is 1. The van der Waals surface area contributed by atoms with Gasteiger partial charge in [-0.25, -0.2) is 4.98 Å². The summed E-state index contributed by atoms with van der Waals surface area (Å²) in [4.78, 5) is 6.88. The number of hydrogen-bond acceptors (Lipinski definition) is 2. The van der Waals surface area contributed by atoms with Crippen LogP contribution in [0.4, 0.5) is 0 Å². The third-order valence-corrected chi connectivity index (χ3v) is 3.07. The molecule has 0 saturated heterocycles. The number of aromatic nitrogens is 2. The lowest BCUT2D eigenvalue weighted by atomic mass is 10.1. The van der Waals surface area contributed by atoms with E-state index in [1.807, 2.05) is 6.33 Å². The summed E-state index contributed by atoms with van der Waals surface area (Å²) < 4.78 is 3.36. The van der Waals surface area contributed by atoms with Crippen molar-refractivity contribution in [2.24, 2.45) is 7.05 Å². The van der Waals surface area contributed by atoms with Gasteiger partial charge in [-0.15, -0.1) is 0 Å². The van der Waals surface area contributed by atoms with E-state index in [0.29, 0.717) is 0 Å². The fraction of sp³-hybridized carbons (Fsp3) is 0.667. The van der Waals surface area contributed by atoms with Gasteiger partial charge in [0.05, 0.1) is 12.0 Å². The first-order valence-electron chi connectivity index (χ1n) is 4.58. The first-order chi connectivity index (χ1) is 6.31. The van der Waals surface area contributed by atoms with Crippen LogP contribution < -0.4 is 0 Å². The van der Waals surface area contributed by atoms with Crippen LogP contribution in [0.2, 0.25) is 0 Å². The molecule has 0 unspecified atom stereocenters. The normalized spacial score (nSPS) is 17.4. The van der Waals surface area contributed by atoms with Crippen LogP contribution in [0.3, 0.4) is 0 Å². The average Bonchev–Trinajstić information content (AvgIpc) is 2.48. The van der Waals surface area contributed by atoms with Crippen molar-refractivity contribution in [3.8, 4) is 0 Å². The highest BCUT2D eigenvalue weighted by Crippen LogP contribution is 2.16. The molecule has 1 aromatic rings. The van der Waals surface area contributed by atoms with E-state index in [4.69, 9.17) is 0 Å². The first-order valence-corrected chi connectivity index (χ1v) is 6.11. The summed E-state index contributed by atoms with van der Waals surface area (Å²) in [5.74, 6) is 0. The number of imidazole rings is 1. The standard InChI is InChI=1S/C9H14IN3/c1-12-7-11-8-6-13(5-3-10)4-2-9(8)12/h7H,2-6H2,1H3. The maximum Gasteiger partial charge on any atom is 0.0949 e. The molecule has 2 heterocycles. The minimum atomic E-state index is 1.04. The molecule has 0 spiro atoms. The molecule has 0 amide bonds. The molecule has 0 aliphatic carbocycles. The predicted octanol–water partition coefficient (Wildman–Crippen LogP) is 1.21. The third-order valence-electron chi connectivity index (χ3n) is 2.58. The van der Waals surface area contributed by atoms with E-state index in [9.17, 15) is 0 Å². The summed E-state index contributed by atoms with van der Waals surface area (Å²) in [6.07, 6.45) is 3.08. The SMILES string of the molecule is Cn1cnc2c1CCN(CCI)C2. The number of hydrogen-bond donors (Lipinski definition) is 0. The van der Waals surface area contributed by atoms with Crippen LogP contribution in [-0.2, 0) is 20.0 Å². The summed E-state index contributed by atoms with van der Waals surface area (Å²) >= 11 is 2.43. The van der Waals surface area contributed by atoms with Gasteiger partial charge in [0.1, 0.15) is 0 Å². The van der Waals surface area contributed by atoms with Gasteiger partial charge in [-0.3, -0.25) is 4.90 Å². The maximum absolute atomic E-state index is 4.41. The Morgan fingerprint density at radius 1 is 1.62 bits per heavy atom. The van der Waals surface area contributed by atoms with Crippen LogP contribution in [0, 0.1) is 0 Å². The van der Waals surface area contributed by atoms with Gasteiger partial charge in [-0.05, 0) is 0 Å². The topological polar surface area (TPSA) is 21.1 Å². The van der Waals surface area contributed by atoms with E-state index in [1.54, 1.807) is 0 Å². The molecule has 0 saturated carbocycles. The minimum absolute atomic E-state index is 1.04. The molecule has 2 rings (SSSR count). The Hall–Kier alpha value is -0.100. The molecule has 0 N–H and O–H groups in total. The van der Waals surface area contributed by atoms with Gasteiger partial charge in [-0.2, -0.15) is 0 Å². The Morgan fingerprint density at radius 2 is 2.46 bits per heavy atom. The second-order valence-corrected chi connectivity index (χ2v) is 4.54. The molecular formula is C9H14IN3. The Balaban J connectivity index is 2.11. The van der Waals surface area contributed by atoms with Gasteiger partial charge in [0.15, 0.2) is 0 Å². The summed E-state index contributed by atoms with van der Waals surface area (Å²) in [5.41, 5.74) is 2.70. The van der Waals surface area contributed by atoms with Crippen LogP contribution in [0.25, 0.3) is 0 Å². The highest BCUT2D eigenvalue weighted by Gasteiger charge is 2.18. The molecule has 0 aromatic carbocycles. The van der Waals surface area contributed by atoms with Crippen molar-refractivity contribution in [2.75, 3.05) is 17.5 Å². The largest absolute Gasteiger partial charge is 0.337 e. The summed E-state index contributed by atoms with van der Waals surface area (Å²) in [5, 5.41) is 0. The molecule has 3 nitrogen and oxygen atoms in total. The van der Waals surface area contributed by atoms with Crippen LogP contribution >= 0.6 is 22.6 Å². The van der Waals surface area contributed by atoms with Crippen molar-refractivity contribution in [1.29, 1.82) is 0 Å². The molecule has 0 bridgehead atoms. The monoisotopic (exact) mass is 291 g/mol. The van der Waals surface area contributed by atoms with Gasteiger partial charge in [0.25, 0.3) is 0 Å². The summed E-state index contributed by atoms with van der Waals surface area (Å²) in [6.45, 7) is 3.42.